The Morgan fingerprint density at radius 2 is 0.985 bits per heavy atom. The summed E-state index contributed by atoms with van der Waals surface area (Å²) in [7, 11) is 0. The third-order valence-electron chi connectivity index (χ3n) is 11.9. The number of hydrogen-bond donors (Lipinski definition) is 4. The van der Waals surface area contributed by atoms with Gasteiger partial charge in [-0.25, -0.2) is 39.5 Å². The lowest BCUT2D eigenvalue weighted by atomic mass is 9.88. The molecule has 2 atom stereocenters. The molecule has 2 aliphatic heterocycles. The number of anilines is 4. The predicted octanol–water partition coefficient (Wildman–Crippen LogP) is 9.27. The Hall–Kier alpha value is -6.52. The van der Waals surface area contributed by atoms with Gasteiger partial charge in [-0.05, 0) is 126 Å². The lowest BCUT2D eigenvalue weighted by Gasteiger charge is -2.30. The maximum absolute atomic E-state index is 12.3. The van der Waals surface area contributed by atoms with Crippen LogP contribution in [0.1, 0.15) is 138 Å². The number of aromatic nitrogens is 6. The smallest absolute Gasteiger partial charge is 0.340 e. The van der Waals surface area contributed by atoms with Gasteiger partial charge in [0, 0.05) is 48.7 Å². The van der Waals surface area contributed by atoms with E-state index in [0.717, 1.165) is 58.4 Å². The highest BCUT2D eigenvalue weighted by atomic mass is 16.6. The predicted molar refractivity (Wildman–Crippen MR) is 256 cm³/mol. The molecule has 2 aliphatic rings. The zero-order valence-electron chi connectivity index (χ0n) is 39.7. The van der Waals surface area contributed by atoms with E-state index in [0.29, 0.717) is 83.6 Å². The molecule has 0 bridgehead atoms. The van der Waals surface area contributed by atoms with Crippen molar-refractivity contribution in [2.75, 3.05) is 23.8 Å². The fourth-order valence-corrected chi connectivity index (χ4v) is 7.81. The summed E-state index contributed by atoms with van der Waals surface area (Å²) in [6.07, 6.45) is 11.5. The maximum Gasteiger partial charge on any atom is 0.340 e. The average Bonchev–Trinajstić information content (AvgIpc) is 3.26. The topological polar surface area (TPSA) is 224 Å². The van der Waals surface area contributed by atoms with Crippen LogP contribution in [0.4, 0.5) is 23.3 Å². The van der Waals surface area contributed by atoms with Gasteiger partial charge < -0.3 is 41.0 Å². The summed E-state index contributed by atoms with van der Waals surface area (Å²) in [5.74, 6) is 2.86. The van der Waals surface area contributed by atoms with Gasteiger partial charge in [-0.3, -0.25) is 0 Å². The minimum absolute atomic E-state index is 0.345. The molecule has 6 N–H and O–H groups in total. The minimum Gasteiger partial charge on any atom is -0.477 e. The number of nitrogens with one attached hydrogen (secondary N) is 2. The molecule has 8 rings (SSSR count). The highest BCUT2D eigenvalue weighted by Crippen LogP contribution is 2.37. The standard InChI is InChI=1S/2C25H31N5O3/c2*1-6-10-32-22-17-13-27-21(11-16(17)18(14-28-22)25(5,26)7-2)30-20-9-8-15-19(29-20)12-24(3,4)33-23(15)31/h2*8-9,11,13-14H,6-7,10,12,26H2,1-5H3,(H,27,29,30)/t2*25-/m10/s1. The van der Waals surface area contributed by atoms with E-state index in [1.165, 1.54) is 0 Å². The van der Waals surface area contributed by atoms with Crippen LogP contribution >= 0.6 is 0 Å². The molecule has 0 fully saturated rings. The fourth-order valence-electron chi connectivity index (χ4n) is 7.81. The zero-order valence-corrected chi connectivity index (χ0v) is 39.7. The Bertz CT molecular complexity index is 2600. The van der Waals surface area contributed by atoms with Gasteiger partial charge >= 0.3 is 11.9 Å². The minimum atomic E-state index is -0.584. The SMILES string of the molecule is CCCOc1ncc([C@@](C)(N)CC)c2cc(Nc3ccc4c(n3)CC(C)(C)OC4=O)ncc12.CCCOc1ncc([C@](C)(N)CC)c2cc(Nc3ccc4c(n3)CC(C)(C)OC4=O)ncc12. The molecule has 6 aromatic rings. The van der Waals surface area contributed by atoms with Crippen LogP contribution in [-0.4, -0.2) is 66.3 Å². The van der Waals surface area contributed by atoms with Crippen molar-refractivity contribution in [3.8, 4) is 11.8 Å². The number of nitrogens with zero attached hydrogens (tertiary/aromatic N) is 6. The summed E-state index contributed by atoms with van der Waals surface area (Å²) in [5.41, 5.74) is 15.2. The van der Waals surface area contributed by atoms with Crippen molar-refractivity contribution in [3.05, 3.63) is 94.8 Å². The Labute approximate surface area is 386 Å². The van der Waals surface area contributed by atoms with Crippen molar-refractivity contribution in [2.45, 2.75) is 130 Å². The van der Waals surface area contributed by atoms with E-state index < -0.39 is 22.3 Å². The van der Waals surface area contributed by atoms with Gasteiger partial charge in [-0.15, -0.1) is 0 Å². The number of hydrogen-bond acceptors (Lipinski definition) is 16. The number of cyclic esters (lactones) is 2. The quantitative estimate of drug-likeness (QED) is 0.0747. The molecule has 0 saturated carbocycles. The first-order valence-electron chi connectivity index (χ1n) is 22.7. The van der Waals surface area contributed by atoms with Gasteiger partial charge in [0.25, 0.3) is 0 Å². The Kier molecular flexibility index (Phi) is 13.5. The van der Waals surface area contributed by atoms with E-state index in [-0.39, 0.29) is 11.9 Å². The first-order chi connectivity index (χ1) is 31.3. The number of esters is 2. The third kappa shape index (κ3) is 10.3. The molecule has 348 valence electrons. The maximum atomic E-state index is 12.3. The summed E-state index contributed by atoms with van der Waals surface area (Å²) in [6, 6.07) is 10.9. The van der Waals surface area contributed by atoms with Crippen molar-refractivity contribution in [1.29, 1.82) is 0 Å². The second-order valence-corrected chi connectivity index (χ2v) is 18.7. The van der Waals surface area contributed by atoms with E-state index in [2.05, 4.69) is 68.2 Å². The highest BCUT2D eigenvalue weighted by Gasteiger charge is 2.35. The molecule has 16 heteroatoms. The first-order valence-corrected chi connectivity index (χ1v) is 22.7. The Morgan fingerprint density at radius 3 is 1.35 bits per heavy atom. The highest BCUT2D eigenvalue weighted by molar-refractivity contribution is 5.94. The summed E-state index contributed by atoms with van der Waals surface area (Å²) < 4.78 is 22.6. The van der Waals surface area contributed by atoms with Crippen LogP contribution in [0.3, 0.4) is 0 Å². The van der Waals surface area contributed by atoms with E-state index in [4.69, 9.17) is 30.4 Å². The van der Waals surface area contributed by atoms with Crippen molar-refractivity contribution < 1.29 is 28.5 Å². The molecular weight excluding hydrogens is 837 g/mol. The third-order valence-corrected chi connectivity index (χ3v) is 11.9. The summed E-state index contributed by atoms with van der Waals surface area (Å²) in [6.45, 7) is 20.9. The van der Waals surface area contributed by atoms with E-state index >= 15 is 0 Å². The molecule has 0 amide bonds. The van der Waals surface area contributed by atoms with Crippen LogP contribution in [-0.2, 0) is 33.4 Å². The molecule has 0 spiro atoms. The monoisotopic (exact) mass is 898 g/mol. The molecular formula is C50H62N10O6. The van der Waals surface area contributed by atoms with Crippen molar-refractivity contribution in [1.82, 2.24) is 29.9 Å². The fraction of sp³-hybridized carbons (Fsp3) is 0.440. The molecule has 0 aromatic carbocycles. The van der Waals surface area contributed by atoms with Gasteiger partial charge in [0.2, 0.25) is 11.8 Å². The molecule has 6 aromatic heterocycles. The van der Waals surface area contributed by atoms with Crippen LogP contribution in [0.5, 0.6) is 11.8 Å². The number of carbonyl (C=O) groups excluding carboxylic acids is 2. The van der Waals surface area contributed by atoms with Crippen LogP contribution in [0.25, 0.3) is 21.5 Å². The summed E-state index contributed by atoms with van der Waals surface area (Å²) in [4.78, 5) is 52.0. The second kappa shape index (κ2) is 18.8. The van der Waals surface area contributed by atoms with Gasteiger partial charge in [0.1, 0.15) is 34.5 Å². The van der Waals surface area contributed by atoms with Crippen molar-refractivity contribution in [3.63, 3.8) is 0 Å². The largest absolute Gasteiger partial charge is 0.477 e. The number of ether oxygens (including phenoxy) is 4. The number of carbonyl (C=O) groups is 2. The number of pyridine rings is 6. The zero-order chi connectivity index (χ0) is 47.6. The molecule has 0 radical (unpaired) electrons. The van der Waals surface area contributed by atoms with Gasteiger partial charge in [-0.2, -0.15) is 0 Å². The lowest BCUT2D eigenvalue weighted by molar-refractivity contribution is -0.00835. The Balaban J connectivity index is 0.000000196. The summed E-state index contributed by atoms with van der Waals surface area (Å²) >= 11 is 0. The normalized spacial score (nSPS) is 16.6. The van der Waals surface area contributed by atoms with E-state index in [1.807, 2.05) is 53.7 Å². The number of nitrogens with two attached hydrogens (primary N) is 2. The first kappa shape index (κ1) is 47.4. The lowest BCUT2D eigenvalue weighted by Crippen LogP contribution is -2.36. The van der Waals surface area contributed by atoms with Gasteiger partial charge in [0.05, 0.1) is 46.5 Å². The van der Waals surface area contributed by atoms with Crippen molar-refractivity contribution in [2.24, 2.45) is 11.5 Å². The average molecular weight is 899 g/mol. The molecule has 0 aliphatic carbocycles. The van der Waals surface area contributed by atoms with Crippen molar-refractivity contribution >= 4 is 56.8 Å². The van der Waals surface area contributed by atoms with Crippen LogP contribution in [0.15, 0.2) is 61.2 Å². The molecule has 66 heavy (non-hydrogen) atoms. The van der Waals surface area contributed by atoms with E-state index in [9.17, 15) is 9.59 Å². The van der Waals surface area contributed by atoms with E-state index in [1.54, 1.807) is 49.1 Å². The molecule has 0 unspecified atom stereocenters. The Morgan fingerprint density at radius 1 is 0.591 bits per heavy atom. The number of fused-ring (bicyclic) bond motifs is 4. The van der Waals surface area contributed by atoms with Gasteiger partial charge in [0.15, 0.2) is 0 Å². The van der Waals surface area contributed by atoms with Crippen LogP contribution in [0.2, 0.25) is 0 Å². The molecule has 8 heterocycles. The second-order valence-electron chi connectivity index (χ2n) is 18.7. The van der Waals surface area contributed by atoms with Crippen LogP contribution in [0, 0.1) is 0 Å². The summed E-state index contributed by atoms with van der Waals surface area (Å²) in [5, 5.41) is 10.0. The molecule has 0 saturated heterocycles. The molecule has 16 nitrogen and oxygen atoms in total. The van der Waals surface area contributed by atoms with Gasteiger partial charge in [-0.1, -0.05) is 27.7 Å². The van der Waals surface area contributed by atoms with Crippen LogP contribution < -0.4 is 31.6 Å². The number of rotatable bonds is 14.